The van der Waals surface area contributed by atoms with Crippen molar-refractivity contribution < 1.29 is 23.5 Å². The van der Waals surface area contributed by atoms with Gasteiger partial charge in [0.15, 0.2) is 0 Å². The number of rotatable bonds is 13. The number of methoxy groups -OCH3 is 1. The van der Waals surface area contributed by atoms with Crippen molar-refractivity contribution in [1.29, 1.82) is 0 Å². The van der Waals surface area contributed by atoms with Crippen LogP contribution in [0.4, 0.5) is 14.9 Å². The smallest absolute Gasteiger partial charge is 0.332 e. The minimum absolute atomic E-state index is 0.0803. The molecule has 1 saturated heterocycles. The van der Waals surface area contributed by atoms with Gasteiger partial charge in [0.2, 0.25) is 0 Å². The van der Waals surface area contributed by atoms with Crippen molar-refractivity contribution in [3.05, 3.63) is 89.7 Å². The summed E-state index contributed by atoms with van der Waals surface area (Å²) in [5.74, 6) is 0.709. The van der Waals surface area contributed by atoms with Crippen LogP contribution >= 0.6 is 0 Å². The van der Waals surface area contributed by atoms with Crippen LogP contribution in [0.1, 0.15) is 51.2 Å². The number of urea groups is 1. The van der Waals surface area contributed by atoms with Gasteiger partial charge in [-0.3, -0.25) is 14.6 Å². The number of hydrogen-bond donors (Lipinski definition) is 1. The zero-order valence-electron chi connectivity index (χ0n) is 23.7. The Labute approximate surface area is 235 Å². The van der Waals surface area contributed by atoms with Crippen LogP contribution in [-0.4, -0.2) is 42.1 Å². The Hall–Kier alpha value is -3.91. The number of amides is 3. The molecule has 0 radical (unpaired) electrons. The number of nitrogens with one attached hydrogen (secondary N) is 1. The number of carbonyl (C=O) groups excluding carboxylic acids is 2. The Bertz CT molecular complexity index is 1330. The molecule has 8 heteroatoms. The van der Waals surface area contributed by atoms with Gasteiger partial charge in [-0.15, -0.1) is 0 Å². The highest BCUT2D eigenvalue weighted by Gasteiger charge is 2.56. The van der Waals surface area contributed by atoms with Crippen molar-refractivity contribution in [1.82, 2.24) is 10.2 Å². The van der Waals surface area contributed by atoms with Crippen molar-refractivity contribution in [3.63, 3.8) is 0 Å². The molecule has 0 bridgehead atoms. The number of anilines is 1. The SMILES string of the molecule is CCC[C@@]1(CCNCc2cccc(OC(C)C)c2)C(=O)N(Cc2cccc(OC)c2)C(=O)N1c1cccc(F)c1. The van der Waals surface area contributed by atoms with Crippen molar-refractivity contribution >= 4 is 17.6 Å². The van der Waals surface area contributed by atoms with Crippen LogP contribution in [0.2, 0.25) is 0 Å². The predicted octanol–water partition coefficient (Wildman–Crippen LogP) is 6.31. The molecule has 1 N–H and O–H groups in total. The summed E-state index contributed by atoms with van der Waals surface area (Å²) in [6.07, 6.45) is 1.57. The van der Waals surface area contributed by atoms with E-state index in [-0.39, 0.29) is 18.6 Å². The average molecular weight is 548 g/mol. The Kier molecular flexibility index (Phi) is 9.42. The van der Waals surface area contributed by atoms with Crippen LogP contribution in [0.25, 0.3) is 0 Å². The minimum Gasteiger partial charge on any atom is -0.497 e. The molecule has 7 nitrogen and oxygen atoms in total. The van der Waals surface area contributed by atoms with E-state index < -0.39 is 17.4 Å². The number of nitrogens with zero attached hydrogens (tertiary/aromatic N) is 2. The van der Waals surface area contributed by atoms with Gasteiger partial charge in [-0.2, -0.15) is 0 Å². The third kappa shape index (κ3) is 6.45. The maximum Gasteiger partial charge on any atom is 0.332 e. The van der Waals surface area contributed by atoms with E-state index in [2.05, 4.69) is 5.32 Å². The molecule has 1 heterocycles. The van der Waals surface area contributed by atoms with Crippen molar-refractivity contribution in [2.75, 3.05) is 18.6 Å². The third-order valence-corrected chi connectivity index (χ3v) is 7.01. The van der Waals surface area contributed by atoms with E-state index in [1.165, 1.54) is 21.9 Å². The summed E-state index contributed by atoms with van der Waals surface area (Å²) in [5.41, 5.74) is 1.06. The van der Waals surface area contributed by atoms with Gasteiger partial charge in [0.25, 0.3) is 5.91 Å². The second-order valence-corrected chi connectivity index (χ2v) is 10.4. The van der Waals surface area contributed by atoms with Crippen LogP contribution in [0.3, 0.4) is 0 Å². The van der Waals surface area contributed by atoms with E-state index in [0.717, 1.165) is 16.9 Å². The zero-order valence-corrected chi connectivity index (χ0v) is 23.7. The second-order valence-electron chi connectivity index (χ2n) is 10.4. The molecular formula is C32H38FN3O4. The Morgan fingerprint density at radius 2 is 1.62 bits per heavy atom. The lowest BCUT2D eigenvalue weighted by molar-refractivity contribution is -0.131. The van der Waals surface area contributed by atoms with Gasteiger partial charge in [-0.05, 0) is 86.8 Å². The molecule has 1 atom stereocenters. The van der Waals surface area contributed by atoms with Gasteiger partial charge in [0, 0.05) is 12.2 Å². The highest BCUT2D eigenvalue weighted by Crippen LogP contribution is 2.40. The fraction of sp³-hybridized carbons (Fsp3) is 0.375. The predicted molar refractivity (Wildman–Crippen MR) is 154 cm³/mol. The van der Waals surface area contributed by atoms with E-state index >= 15 is 0 Å². The van der Waals surface area contributed by atoms with Crippen molar-refractivity contribution in [2.45, 2.75) is 64.8 Å². The number of hydrogen-bond acceptors (Lipinski definition) is 5. The minimum atomic E-state index is -1.14. The van der Waals surface area contributed by atoms with E-state index in [1.54, 1.807) is 19.2 Å². The molecule has 0 saturated carbocycles. The van der Waals surface area contributed by atoms with Crippen molar-refractivity contribution in [3.8, 4) is 11.5 Å². The molecule has 212 valence electrons. The largest absolute Gasteiger partial charge is 0.497 e. The first-order valence-corrected chi connectivity index (χ1v) is 13.8. The van der Waals surface area contributed by atoms with E-state index in [1.807, 2.05) is 69.3 Å². The topological polar surface area (TPSA) is 71.1 Å². The van der Waals surface area contributed by atoms with Crippen LogP contribution in [0, 0.1) is 5.82 Å². The summed E-state index contributed by atoms with van der Waals surface area (Å²) in [4.78, 5) is 30.8. The standard InChI is InChI=1S/C32H38FN3O4/c1-5-15-32(16-17-34-21-24-9-6-14-29(18-24)40-23(2)3)30(37)35(22-25-10-7-13-28(19-25)39-4)31(38)36(32)27-12-8-11-26(33)20-27/h6-14,18-20,23,34H,5,15-17,21-22H2,1-4H3/t32-/m1/s1. The molecule has 1 aliphatic rings. The van der Waals surface area contributed by atoms with Gasteiger partial charge in [-0.1, -0.05) is 43.7 Å². The van der Waals surface area contributed by atoms with E-state index in [4.69, 9.17) is 9.47 Å². The molecule has 0 aromatic heterocycles. The van der Waals surface area contributed by atoms with Gasteiger partial charge < -0.3 is 14.8 Å². The summed E-state index contributed by atoms with van der Waals surface area (Å²) in [5, 5.41) is 3.44. The number of benzene rings is 3. The first-order valence-electron chi connectivity index (χ1n) is 13.8. The monoisotopic (exact) mass is 547 g/mol. The Morgan fingerprint density at radius 1 is 0.925 bits per heavy atom. The Morgan fingerprint density at radius 3 is 2.33 bits per heavy atom. The molecular weight excluding hydrogens is 509 g/mol. The van der Waals surface area contributed by atoms with Gasteiger partial charge in [0.1, 0.15) is 22.9 Å². The van der Waals surface area contributed by atoms with Gasteiger partial charge >= 0.3 is 6.03 Å². The third-order valence-electron chi connectivity index (χ3n) is 7.01. The molecule has 3 amide bonds. The van der Waals surface area contributed by atoms with Crippen LogP contribution in [0.15, 0.2) is 72.8 Å². The highest BCUT2D eigenvalue weighted by molar-refractivity contribution is 6.16. The second kappa shape index (κ2) is 13.0. The van der Waals surface area contributed by atoms with Gasteiger partial charge in [0.05, 0.1) is 19.8 Å². The highest BCUT2D eigenvalue weighted by atomic mass is 19.1. The summed E-state index contributed by atoms with van der Waals surface area (Å²) in [6.45, 7) is 7.12. The number of halogens is 1. The first-order chi connectivity index (χ1) is 19.3. The fourth-order valence-corrected chi connectivity index (χ4v) is 5.31. The summed E-state index contributed by atoms with van der Waals surface area (Å²) in [6, 6.07) is 20.6. The normalized spacial score (nSPS) is 17.1. The number of imide groups is 1. The lowest BCUT2D eigenvalue weighted by atomic mass is 9.87. The molecule has 4 rings (SSSR count). The van der Waals surface area contributed by atoms with Crippen molar-refractivity contribution in [2.24, 2.45) is 0 Å². The van der Waals surface area contributed by atoms with Crippen LogP contribution in [-0.2, 0) is 17.9 Å². The summed E-state index contributed by atoms with van der Waals surface area (Å²) < 4.78 is 25.5. The molecule has 40 heavy (non-hydrogen) atoms. The fourth-order valence-electron chi connectivity index (χ4n) is 5.31. The molecule has 1 fully saturated rings. The maximum absolute atomic E-state index is 14.3. The number of ether oxygens (including phenoxy) is 2. The molecule has 0 unspecified atom stereocenters. The lowest BCUT2D eigenvalue weighted by Gasteiger charge is -2.35. The van der Waals surface area contributed by atoms with E-state index in [0.29, 0.717) is 43.8 Å². The number of carbonyl (C=O) groups is 2. The quantitative estimate of drug-likeness (QED) is 0.201. The molecule has 3 aromatic rings. The zero-order chi connectivity index (χ0) is 28.7. The van der Waals surface area contributed by atoms with E-state index in [9.17, 15) is 14.0 Å². The first kappa shape index (κ1) is 29.1. The Balaban J connectivity index is 1.59. The molecule has 0 spiro atoms. The van der Waals surface area contributed by atoms with Crippen LogP contribution < -0.4 is 19.7 Å². The average Bonchev–Trinajstić information content (AvgIpc) is 3.12. The summed E-state index contributed by atoms with van der Waals surface area (Å²) >= 11 is 0. The summed E-state index contributed by atoms with van der Waals surface area (Å²) in [7, 11) is 1.57. The maximum atomic E-state index is 14.3. The molecule has 1 aliphatic heterocycles. The molecule has 0 aliphatic carbocycles. The van der Waals surface area contributed by atoms with Gasteiger partial charge in [-0.25, -0.2) is 9.18 Å². The van der Waals surface area contributed by atoms with Crippen LogP contribution in [0.5, 0.6) is 11.5 Å². The lowest BCUT2D eigenvalue weighted by Crippen LogP contribution is -2.51. The molecule has 3 aromatic carbocycles.